The minimum absolute atomic E-state index is 0.502. The Morgan fingerprint density at radius 2 is 1.73 bits per heavy atom. The van der Waals surface area contributed by atoms with E-state index in [0.29, 0.717) is 11.4 Å². The minimum atomic E-state index is -0.716. The summed E-state index contributed by atoms with van der Waals surface area (Å²) < 4.78 is 0. The molecule has 0 bridgehead atoms. The van der Waals surface area contributed by atoms with E-state index in [9.17, 15) is 9.59 Å². The smallest absolute Gasteiger partial charge is 0.316 e. The summed E-state index contributed by atoms with van der Waals surface area (Å²) in [4.78, 5) is 26.1. The van der Waals surface area contributed by atoms with Gasteiger partial charge in [0, 0.05) is 23.3 Å². The molecule has 0 radical (unpaired) electrons. The van der Waals surface area contributed by atoms with Gasteiger partial charge in [0.05, 0.1) is 0 Å². The fourth-order valence-electron chi connectivity index (χ4n) is 1.76. The van der Waals surface area contributed by atoms with Crippen molar-refractivity contribution in [1.29, 1.82) is 5.26 Å². The second-order valence-electron chi connectivity index (χ2n) is 4.37. The van der Waals surface area contributed by atoms with Crippen LogP contribution in [0.15, 0.2) is 59.5 Å². The van der Waals surface area contributed by atoms with E-state index in [1.807, 2.05) is 11.5 Å². The van der Waals surface area contributed by atoms with Gasteiger partial charge in [-0.3, -0.25) is 9.59 Å². The van der Waals surface area contributed by atoms with Crippen LogP contribution >= 0.6 is 11.8 Å². The predicted molar refractivity (Wildman–Crippen MR) is 86.4 cm³/mol. The second kappa shape index (κ2) is 7.29. The van der Waals surface area contributed by atoms with E-state index in [1.165, 1.54) is 4.90 Å². The number of nitrogens with one attached hydrogen (secondary N) is 1. The summed E-state index contributed by atoms with van der Waals surface area (Å²) in [5.74, 6) is -1.37. The van der Waals surface area contributed by atoms with Crippen LogP contribution in [0.1, 0.15) is 0 Å². The molecule has 0 unspecified atom stereocenters. The number of thioether (sulfide) groups is 1. The van der Waals surface area contributed by atoms with Crippen molar-refractivity contribution in [2.45, 2.75) is 4.90 Å². The summed E-state index contributed by atoms with van der Waals surface area (Å²) in [7, 11) is 1.55. The molecule has 110 valence electrons. The van der Waals surface area contributed by atoms with Gasteiger partial charge in [0.15, 0.2) is 0 Å². The Bertz CT molecular complexity index is 708. The Morgan fingerprint density at radius 3 is 2.32 bits per heavy atom. The lowest BCUT2D eigenvalue weighted by atomic mass is 10.3. The van der Waals surface area contributed by atoms with Crippen LogP contribution in [0, 0.1) is 10.7 Å². The summed E-state index contributed by atoms with van der Waals surface area (Å²) in [5.41, 5.74) is 1.14. The molecular weight excluding hydrogens is 298 g/mol. The van der Waals surface area contributed by atoms with E-state index in [0.717, 1.165) is 16.7 Å². The van der Waals surface area contributed by atoms with E-state index >= 15 is 0 Å². The number of benzene rings is 2. The number of para-hydroxylation sites is 1. The van der Waals surface area contributed by atoms with E-state index in [-0.39, 0.29) is 0 Å². The maximum Gasteiger partial charge on any atom is 0.316 e. The summed E-state index contributed by atoms with van der Waals surface area (Å²) in [6, 6.07) is 15.6. The number of rotatable bonds is 3. The standard InChI is InChI=1S/C16H13N3O2S/c1-19(13-5-3-2-4-6-13)16(21)15(20)18-12-7-9-14(10-8-12)22-11-17/h2-10H,1H3,(H,18,20). The highest BCUT2D eigenvalue weighted by Crippen LogP contribution is 2.19. The first-order valence-corrected chi connectivity index (χ1v) is 7.23. The summed E-state index contributed by atoms with van der Waals surface area (Å²) in [6.45, 7) is 0. The molecule has 0 aliphatic heterocycles. The molecule has 0 saturated heterocycles. The third-order valence-electron chi connectivity index (χ3n) is 2.92. The number of carbonyl (C=O) groups excluding carboxylic acids is 2. The highest BCUT2D eigenvalue weighted by Gasteiger charge is 2.19. The average molecular weight is 311 g/mol. The molecule has 0 aromatic heterocycles. The number of carbonyl (C=O) groups is 2. The minimum Gasteiger partial charge on any atom is -0.318 e. The average Bonchev–Trinajstić information content (AvgIpc) is 2.56. The molecule has 0 fully saturated rings. The number of thiocyanates is 1. The molecule has 1 N–H and O–H groups in total. The largest absolute Gasteiger partial charge is 0.318 e. The monoisotopic (exact) mass is 311 g/mol. The molecule has 2 rings (SSSR count). The summed E-state index contributed by atoms with van der Waals surface area (Å²) >= 11 is 1.03. The van der Waals surface area contributed by atoms with E-state index in [1.54, 1.807) is 55.6 Å². The van der Waals surface area contributed by atoms with Crippen molar-refractivity contribution >= 4 is 35.0 Å². The van der Waals surface area contributed by atoms with Gasteiger partial charge in [-0.1, -0.05) is 18.2 Å². The zero-order valence-electron chi connectivity index (χ0n) is 11.8. The number of likely N-dealkylation sites (N-methyl/N-ethyl adjacent to an activating group) is 1. The van der Waals surface area contributed by atoms with Crippen molar-refractivity contribution in [3.05, 3.63) is 54.6 Å². The quantitative estimate of drug-likeness (QED) is 0.537. The lowest BCUT2D eigenvalue weighted by Gasteiger charge is -2.16. The van der Waals surface area contributed by atoms with E-state index < -0.39 is 11.8 Å². The van der Waals surface area contributed by atoms with Crippen molar-refractivity contribution in [3.63, 3.8) is 0 Å². The maximum absolute atomic E-state index is 12.1. The Morgan fingerprint density at radius 1 is 1.09 bits per heavy atom. The molecule has 0 saturated carbocycles. The van der Waals surface area contributed by atoms with E-state index in [4.69, 9.17) is 5.26 Å². The molecular formula is C16H13N3O2S. The Hall–Kier alpha value is -2.78. The van der Waals surface area contributed by atoms with Gasteiger partial charge in [0.1, 0.15) is 5.40 Å². The zero-order chi connectivity index (χ0) is 15.9. The van der Waals surface area contributed by atoms with Crippen LogP contribution in [-0.2, 0) is 9.59 Å². The summed E-state index contributed by atoms with van der Waals surface area (Å²) in [6.07, 6.45) is 0. The molecule has 2 amide bonds. The van der Waals surface area contributed by atoms with Gasteiger partial charge < -0.3 is 10.2 Å². The third-order valence-corrected chi connectivity index (χ3v) is 3.52. The molecule has 0 aliphatic carbocycles. The van der Waals surface area contributed by atoms with Crippen molar-refractivity contribution in [1.82, 2.24) is 0 Å². The first kappa shape index (κ1) is 15.6. The molecule has 22 heavy (non-hydrogen) atoms. The number of nitriles is 1. The summed E-state index contributed by atoms with van der Waals surface area (Å²) in [5, 5.41) is 13.1. The van der Waals surface area contributed by atoms with Crippen molar-refractivity contribution < 1.29 is 9.59 Å². The van der Waals surface area contributed by atoms with Crippen LogP contribution in [-0.4, -0.2) is 18.9 Å². The maximum atomic E-state index is 12.1. The lowest BCUT2D eigenvalue weighted by Crippen LogP contribution is -2.37. The Balaban J connectivity index is 2.02. The fraction of sp³-hybridized carbons (Fsp3) is 0.0625. The molecule has 0 heterocycles. The van der Waals surface area contributed by atoms with Crippen LogP contribution in [0.3, 0.4) is 0 Å². The van der Waals surface area contributed by atoms with Gasteiger partial charge in [0.25, 0.3) is 0 Å². The SMILES string of the molecule is CN(C(=O)C(=O)Nc1ccc(SC#N)cc1)c1ccccc1. The molecule has 0 aliphatic rings. The molecule has 0 spiro atoms. The Kier molecular flexibility index (Phi) is 5.17. The van der Waals surface area contributed by atoms with Gasteiger partial charge in [-0.15, -0.1) is 0 Å². The zero-order valence-corrected chi connectivity index (χ0v) is 12.6. The van der Waals surface area contributed by atoms with Crippen LogP contribution in [0.2, 0.25) is 0 Å². The molecule has 2 aromatic rings. The van der Waals surface area contributed by atoms with Crippen molar-refractivity contribution in [3.8, 4) is 5.40 Å². The van der Waals surface area contributed by atoms with Gasteiger partial charge >= 0.3 is 11.8 Å². The first-order valence-electron chi connectivity index (χ1n) is 6.42. The van der Waals surface area contributed by atoms with Crippen LogP contribution < -0.4 is 10.2 Å². The van der Waals surface area contributed by atoms with Gasteiger partial charge in [-0.2, -0.15) is 5.26 Å². The van der Waals surface area contributed by atoms with Gasteiger partial charge in [-0.25, -0.2) is 0 Å². The lowest BCUT2D eigenvalue weighted by molar-refractivity contribution is -0.134. The van der Waals surface area contributed by atoms with Crippen molar-refractivity contribution in [2.75, 3.05) is 17.3 Å². The number of nitrogens with zero attached hydrogens (tertiary/aromatic N) is 2. The normalized spacial score (nSPS) is 9.64. The highest BCUT2D eigenvalue weighted by atomic mass is 32.2. The van der Waals surface area contributed by atoms with Crippen LogP contribution in [0.4, 0.5) is 11.4 Å². The number of hydrogen-bond acceptors (Lipinski definition) is 4. The third kappa shape index (κ3) is 3.87. The molecule has 0 atom stereocenters. The molecule has 5 nitrogen and oxygen atoms in total. The van der Waals surface area contributed by atoms with Crippen molar-refractivity contribution in [2.24, 2.45) is 0 Å². The van der Waals surface area contributed by atoms with Gasteiger partial charge in [-0.05, 0) is 48.2 Å². The number of hydrogen-bond donors (Lipinski definition) is 1. The number of anilines is 2. The van der Waals surface area contributed by atoms with Crippen LogP contribution in [0.25, 0.3) is 0 Å². The topological polar surface area (TPSA) is 73.2 Å². The fourth-order valence-corrected chi connectivity index (χ4v) is 2.14. The predicted octanol–water partition coefficient (Wildman–Crippen LogP) is 2.86. The van der Waals surface area contributed by atoms with Gasteiger partial charge in [0.2, 0.25) is 0 Å². The Labute approximate surface area is 132 Å². The first-order chi connectivity index (χ1) is 10.6. The second-order valence-corrected chi connectivity index (χ2v) is 5.23. The highest BCUT2D eigenvalue weighted by molar-refractivity contribution is 8.03. The van der Waals surface area contributed by atoms with Crippen LogP contribution in [0.5, 0.6) is 0 Å². The number of amides is 2. The molecule has 6 heteroatoms. The molecule has 2 aromatic carbocycles. The van der Waals surface area contributed by atoms with E-state index in [2.05, 4.69) is 5.32 Å².